The van der Waals surface area contributed by atoms with Crippen LogP contribution in [-0.4, -0.2) is 76.7 Å². The highest BCUT2D eigenvalue weighted by molar-refractivity contribution is 5.80. The van der Waals surface area contributed by atoms with E-state index >= 15 is 0 Å². The molecule has 174 valence electrons. The van der Waals surface area contributed by atoms with Gasteiger partial charge in [-0.25, -0.2) is 4.98 Å². The Kier molecular flexibility index (Phi) is 9.06. The van der Waals surface area contributed by atoms with E-state index in [1.165, 1.54) is 5.69 Å². The van der Waals surface area contributed by atoms with E-state index in [4.69, 9.17) is 4.98 Å². The fraction of sp³-hybridized carbons (Fsp3) is 0.538. The zero-order valence-electron chi connectivity index (χ0n) is 20.6. The first-order valence-corrected chi connectivity index (χ1v) is 12.2. The van der Waals surface area contributed by atoms with Crippen LogP contribution < -0.4 is 4.90 Å². The fourth-order valence-corrected chi connectivity index (χ4v) is 4.34. The second kappa shape index (κ2) is 12.0. The quantitative estimate of drug-likeness (QED) is 0.391. The highest BCUT2D eigenvalue weighted by Gasteiger charge is 2.15. The van der Waals surface area contributed by atoms with Crippen LogP contribution in [0.3, 0.4) is 0 Å². The van der Waals surface area contributed by atoms with E-state index in [1.54, 1.807) is 0 Å². The van der Waals surface area contributed by atoms with Crippen LogP contribution in [0.1, 0.15) is 34.6 Å². The number of aromatic nitrogens is 3. The molecule has 0 atom stereocenters. The molecular formula is C26H40N6. The van der Waals surface area contributed by atoms with E-state index in [0.29, 0.717) is 0 Å². The average molecular weight is 437 g/mol. The van der Waals surface area contributed by atoms with E-state index in [9.17, 15) is 0 Å². The second-order valence-electron chi connectivity index (χ2n) is 8.14. The van der Waals surface area contributed by atoms with Crippen LogP contribution in [0.15, 0.2) is 42.7 Å². The van der Waals surface area contributed by atoms with E-state index in [2.05, 4.69) is 89.2 Å². The lowest BCUT2D eigenvalue weighted by Gasteiger charge is -2.30. The van der Waals surface area contributed by atoms with Gasteiger partial charge >= 0.3 is 0 Å². The van der Waals surface area contributed by atoms with E-state index in [-0.39, 0.29) is 0 Å². The molecule has 2 aromatic heterocycles. The van der Waals surface area contributed by atoms with Crippen molar-refractivity contribution in [2.24, 2.45) is 0 Å². The SMILES string of the molecule is CCN(CC)CCN(CCN(CC)CC)c1cccc(-c2nc3cnccc3n2CC)c1. The molecule has 0 radical (unpaired) electrons. The van der Waals surface area contributed by atoms with E-state index in [0.717, 1.165) is 81.3 Å². The van der Waals surface area contributed by atoms with Crippen LogP contribution in [0.4, 0.5) is 5.69 Å². The normalized spacial score (nSPS) is 11.7. The maximum absolute atomic E-state index is 4.92. The van der Waals surface area contributed by atoms with Crippen LogP contribution in [0.25, 0.3) is 22.4 Å². The van der Waals surface area contributed by atoms with Gasteiger partial charge in [0.15, 0.2) is 0 Å². The third-order valence-electron chi connectivity index (χ3n) is 6.50. The minimum absolute atomic E-state index is 0.883. The van der Waals surface area contributed by atoms with Crippen molar-refractivity contribution in [1.82, 2.24) is 24.3 Å². The number of nitrogens with zero attached hydrogens (tertiary/aromatic N) is 6. The molecule has 0 aliphatic rings. The second-order valence-corrected chi connectivity index (χ2v) is 8.14. The molecule has 0 unspecified atom stereocenters. The number of imidazole rings is 1. The molecule has 32 heavy (non-hydrogen) atoms. The van der Waals surface area contributed by atoms with Gasteiger partial charge in [0.05, 0.1) is 11.7 Å². The van der Waals surface area contributed by atoms with Crippen LogP contribution in [0.2, 0.25) is 0 Å². The summed E-state index contributed by atoms with van der Waals surface area (Å²) in [5.74, 6) is 1.02. The number of anilines is 1. The summed E-state index contributed by atoms with van der Waals surface area (Å²) in [5.41, 5.74) is 4.53. The Morgan fingerprint density at radius 1 is 0.812 bits per heavy atom. The molecule has 0 amide bonds. The molecule has 0 saturated heterocycles. The van der Waals surface area contributed by atoms with Crippen molar-refractivity contribution in [3.63, 3.8) is 0 Å². The molecular weight excluding hydrogens is 396 g/mol. The number of hydrogen-bond acceptors (Lipinski definition) is 5. The molecule has 3 rings (SSSR count). The molecule has 1 aromatic carbocycles. The third-order valence-corrected chi connectivity index (χ3v) is 6.50. The number of likely N-dealkylation sites (N-methyl/N-ethyl adjacent to an activating group) is 2. The van der Waals surface area contributed by atoms with Gasteiger partial charge in [0, 0.05) is 50.2 Å². The van der Waals surface area contributed by atoms with Crippen LogP contribution >= 0.6 is 0 Å². The molecule has 2 heterocycles. The maximum atomic E-state index is 4.92. The number of pyridine rings is 1. The predicted octanol–water partition coefficient (Wildman–Crippen LogP) is 4.61. The smallest absolute Gasteiger partial charge is 0.141 e. The van der Waals surface area contributed by atoms with Gasteiger partial charge in [-0.2, -0.15) is 0 Å². The predicted molar refractivity (Wildman–Crippen MR) is 136 cm³/mol. The summed E-state index contributed by atoms with van der Waals surface area (Å²) in [5, 5.41) is 0. The highest BCUT2D eigenvalue weighted by Crippen LogP contribution is 2.27. The van der Waals surface area contributed by atoms with Crippen LogP contribution in [-0.2, 0) is 6.54 Å². The Balaban J connectivity index is 1.91. The first-order chi connectivity index (χ1) is 15.6. The third kappa shape index (κ3) is 5.67. The van der Waals surface area contributed by atoms with Crippen molar-refractivity contribution in [3.8, 4) is 11.4 Å². The Labute approximate surface area is 193 Å². The molecule has 0 saturated carbocycles. The van der Waals surface area contributed by atoms with Gasteiger partial charge in [-0.3, -0.25) is 4.98 Å². The van der Waals surface area contributed by atoms with Crippen LogP contribution in [0, 0.1) is 0 Å². The lowest BCUT2D eigenvalue weighted by Crippen LogP contribution is -2.40. The number of hydrogen-bond donors (Lipinski definition) is 0. The summed E-state index contributed by atoms with van der Waals surface area (Å²) in [6, 6.07) is 11.0. The molecule has 0 N–H and O–H groups in total. The highest BCUT2D eigenvalue weighted by atomic mass is 15.2. The number of benzene rings is 1. The first-order valence-electron chi connectivity index (χ1n) is 12.2. The zero-order chi connectivity index (χ0) is 22.9. The lowest BCUT2D eigenvalue weighted by molar-refractivity contribution is 0.294. The van der Waals surface area contributed by atoms with Gasteiger partial charge in [-0.05, 0) is 51.3 Å². The Morgan fingerprint density at radius 2 is 1.47 bits per heavy atom. The summed E-state index contributed by atoms with van der Waals surface area (Å²) >= 11 is 0. The minimum Gasteiger partial charge on any atom is -0.369 e. The largest absolute Gasteiger partial charge is 0.369 e. The van der Waals surface area contributed by atoms with Crippen molar-refractivity contribution < 1.29 is 0 Å². The van der Waals surface area contributed by atoms with Crippen molar-refractivity contribution in [3.05, 3.63) is 42.7 Å². The fourth-order valence-electron chi connectivity index (χ4n) is 4.34. The van der Waals surface area contributed by atoms with Crippen molar-refractivity contribution >= 4 is 16.7 Å². The van der Waals surface area contributed by atoms with Gasteiger partial charge in [-0.15, -0.1) is 0 Å². The molecule has 6 nitrogen and oxygen atoms in total. The molecule has 0 aliphatic heterocycles. The average Bonchev–Trinajstić information content (AvgIpc) is 3.22. The summed E-state index contributed by atoms with van der Waals surface area (Å²) in [4.78, 5) is 16.7. The van der Waals surface area contributed by atoms with Gasteiger partial charge in [0.25, 0.3) is 0 Å². The molecule has 0 aliphatic carbocycles. The Morgan fingerprint density at radius 3 is 2.06 bits per heavy atom. The molecule has 0 bridgehead atoms. The zero-order valence-corrected chi connectivity index (χ0v) is 20.6. The molecule has 6 heteroatoms. The molecule has 3 aromatic rings. The summed E-state index contributed by atoms with van der Waals surface area (Å²) in [7, 11) is 0. The molecule has 0 spiro atoms. The van der Waals surface area contributed by atoms with Crippen LogP contribution in [0.5, 0.6) is 0 Å². The minimum atomic E-state index is 0.883. The first kappa shape index (κ1) is 24.2. The van der Waals surface area contributed by atoms with Gasteiger partial charge in [-0.1, -0.05) is 39.8 Å². The molecule has 0 fully saturated rings. The number of aryl methyl sites for hydroxylation is 1. The van der Waals surface area contributed by atoms with Gasteiger partial charge in [0.1, 0.15) is 11.3 Å². The number of rotatable bonds is 13. The van der Waals surface area contributed by atoms with Crippen molar-refractivity contribution in [2.75, 3.05) is 57.3 Å². The monoisotopic (exact) mass is 436 g/mol. The standard InChI is InChI=1S/C26H40N6/c1-6-29(7-2)16-18-31(19-17-30(8-3)9-4)23-13-11-12-22(20-23)26-28-24-21-27-15-14-25(24)32(26)10-5/h11-15,20-21H,6-10,16-19H2,1-5H3. The summed E-state index contributed by atoms with van der Waals surface area (Å²) in [6.07, 6.45) is 3.70. The van der Waals surface area contributed by atoms with Crippen molar-refractivity contribution in [2.45, 2.75) is 41.2 Å². The lowest BCUT2D eigenvalue weighted by atomic mass is 10.1. The maximum Gasteiger partial charge on any atom is 0.141 e. The Hall–Kier alpha value is -2.44. The van der Waals surface area contributed by atoms with Gasteiger partial charge < -0.3 is 19.3 Å². The van der Waals surface area contributed by atoms with E-state index in [1.807, 2.05) is 12.4 Å². The van der Waals surface area contributed by atoms with Crippen molar-refractivity contribution in [1.29, 1.82) is 0 Å². The summed E-state index contributed by atoms with van der Waals surface area (Å²) < 4.78 is 2.28. The number of fused-ring (bicyclic) bond motifs is 1. The van der Waals surface area contributed by atoms with E-state index < -0.39 is 0 Å². The Bertz CT molecular complexity index is 942. The van der Waals surface area contributed by atoms with Gasteiger partial charge in [0.2, 0.25) is 0 Å². The summed E-state index contributed by atoms with van der Waals surface area (Å²) in [6.45, 7) is 20.6. The topological polar surface area (TPSA) is 40.4 Å².